The summed E-state index contributed by atoms with van der Waals surface area (Å²) < 4.78 is 0. The van der Waals surface area contributed by atoms with Crippen LogP contribution in [-0.2, 0) is 32.0 Å². The van der Waals surface area contributed by atoms with Gasteiger partial charge in [0.05, 0.1) is 42.6 Å². The van der Waals surface area contributed by atoms with E-state index in [9.17, 15) is 28.8 Å². The molecular weight excluding hydrogens is 949 g/mol. The molecule has 2 unspecified atom stereocenters. The van der Waals surface area contributed by atoms with E-state index in [4.69, 9.17) is 69.6 Å². The fourth-order valence-electron chi connectivity index (χ4n) is 5.69. The third-order valence-corrected chi connectivity index (χ3v) is 10.8. The third-order valence-electron chi connectivity index (χ3n) is 9.04. The van der Waals surface area contributed by atoms with Crippen molar-refractivity contribution in [1.29, 1.82) is 0 Å². The maximum Gasteiger partial charge on any atom is 0.258 e. The molecule has 4 N–H and O–H groups in total. The quantitative estimate of drug-likeness (QED) is 0.0382. The van der Waals surface area contributed by atoms with Crippen LogP contribution in [0.1, 0.15) is 45.7 Å². The van der Waals surface area contributed by atoms with Gasteiger partial charge in [0.25, 0.3) is 23.6 Å². The van der Waals surface area contributed by atoms with Crippen molar-refractivity contribution in [2.24, 2.45) is 20.5 Å². The summed E-state index contributed by atoms with van der Waals surface area (Å²) in [5, 5.41) is 25.9. The Labute approximate surface area is 397 Å². The lowest BCUT2D eigenvalue weighted by Crippen LogP contribution is -2.32. The molecule has 5 aromatic rings. The average molecular weight is 986 g/mol. The summed E-state index contributed by atoms with van der Waals surface area (Å²) in [7, 11) is 0. The lowest BCUT2D eigenvalue weighted by atomic mass is 10.1. The minimum Gasteiger partial charge on any atom is -0.322 e. The number of alkyl halides is 2. The molecule has 64 heavy (non-hydrogen) atoms. The van der Waals surface area contributed by atoms with Gasteiger partial charge in [-0.3, -0.25) is 28.8 Å². The zero-order chi connectivity index (χ0) is 46.5. The van der Waals surface area contributed by atoms with E-state index in [0.717, 1.165) is 25.0 Å². The van der Waals surface area contributed by atoms with E-state index in [2.05, 4.69) is 41.7 Å². The largest absolute Gasteiger partial charge is 0.322 e. The Morgan fingerprint density at radius 1 is 0.516 bits per heavy atom. The summed E-state index contributed by atoms with van der Waals surface area (Å²) in [6.07, 6.45) is 1.35. The highest BCUT2D eigenvalue weighted by atomic mass is 35.5. The molecule has 0 heterocycles. The van der Waals surface area contributed by atoms with E-state index in [1.54, 1.807) is 24.3 Å². The first-order valence-electron chi connectivity index (χ1n) is 19.0. The van der Waals surface area contributed by atoms with Gasteiger partial charge in [0.2, 0.25) is 12.1 Å². The first-order chi connectivity index (χ1) is 30.6. The number of rotatable bonds is 18. The molecule has 5 rings (SSSR count). The fourth-order valence-corrected chi connectivity index (χ4v) is 7.04. The van der Waals surface area contributed by atoms with Crippen LogP contribution in [0, 0.1) is 0 Å². The van der Waals surface area contributed by atoms with Gasteiger partial charge in [0.15, 0.2) is 11.6 Å². The van der Waals surface area contributed by atoms with Gasteiger partial charge < -0.3 is 21.3 Å². The number of amides is 4. The minimum absolute atomic E-state index is 0.0100. The van der Waals surface area contributed by atoms with Crippen molar-refractivity contribution in [1.82, 2.24) is 0 Å². The van der Waals surface area contributed by atoms with Gasteiger partial charge in [-0.25, -0.2) is 0 Å². The Hall–Kier alpha value is -5.74. The van der Waals surface area contributed by atoms with Crippen molar-refractivity contribution in [3.8, 4) is 0 Å². The number of Topliss-reactive ketones (excluding diaryl/α,β-unsaturated/α-hetero) is 2. The van der Waals surface area contributed by atoms with Crippen LogP contribution < -0.4 is 21.3 Å². The Morgan fingerprint density at radius 3 is 1.20 bits per heavy atom. The maximum absolute atomic E-state index is 13.3. The van der Waals surface area contributed by atoms with Gasteiger partial charge in [-0.1, -0.05) is 82.8 Å². The van der Waals surface area contributed by atoms with E-state index in [1.165, 1.54) is 48.5 Å². The third kappa shape index (κ3) is 13.2. The first-order valence-corrected chi connectivity index (χ1v) is 21.6. The van der Waals surface area contributed by atoms with Gasteiger partial charge >= 0.3 is 0 Å². The summed E-state index contributed by atoms with van der Waals surface area (Å²) in [4.78, 5) is 77.9. The molecular formula is C44H36Cl6N8O6. The number of halogens is 6. The maximum atomic E-state index is 13.3. The highest BCUT2D eigenvalue weighted by Gasteiger charge is 2.27. The Morgan fingerprint density at radius 2 is 0.875 bits per heavy atom. The molecule has 4 amide bonds. The van der Waals surface area contributed by atoms with Crippen LogP contribution >= 0.6 is 69.6 Å². The van der Waals surface area contributed by atoms with Crippen LogP contribution in [0.5, 0.6) is 0 Å². The number of benzene rings is 5. The molecule has 0 aliphatic heterocycles. The van der Waals surface area contributed by atoms with Gasteiger partial charge in [0, 0.05) is 23.1 Å². The summed E-state index contributed by atoms with van der Waals surface area (Å²) in [5.41, 5.74) is 3.07. The molecule has 0 saturated carbocycles. The standard InChI is InChI=1S/C44H36Cl6N8O6/c1-23(59)39(57-55-33-7-3-5-29(37(33)49)41(61)51-27-13-9-25(10-14-27)17-19-45)43(63)53-35-21-32(48)36(22-31(35)47)54-44(64)40(24(2)60)58-56-34-8-4-6-30(38(34)50)42(62)52-28-15-11-26(12-16-28)18-20-46/h3-16,21-22,39-40H,17-20H2,1-2H3,(H,51,61)(H,52,62)(H,53,63)(H,54,64). The lowest BCUT2D eigenvalue weighted by molar-refractivity contribution is -0.127. The Kier molecular flexibility index (Phi) is 17.9. The number of hydrogen-bond donors (Lipinski definition) is 4. The molecule has 0 saturated heterocycles. The molecule has 0 aliphatic carbocycles. The molecule has 330 valence electrons. The highest BCUT2D eigenvalue weighted by Crippen LogP contribution is 2.35. The van der Waals surface area contributed by atoms with Crippen molar-refractivity contribution in [2.45, 2.75) is 38.8 Å². The van der Waals surface area contributed by atoms with E-state index in [0.29, 0.717) is 36.0 Å². The predicted octanol–water partition coefficient (Wildman–Crippen LogP) is 11.7. The number of hydrogen-bond acceptors (Lipinski definition) is 10. The predicted molar refractivity (Wildman–Crippen MR) is 252 cm³/mol. The molecule has 0 fully saturated rings. The van der Waals surface area contributed by atoms with Crippen molar-refractivity contribution >= 4 is 139 Å². The Bertz CT molecular complexity index is 2460. The number of anilines is 4. The Balaban J connectivity index is 1.24. The first kappa shape index (κ1) is 49.3. The van der Waals surface area contributed by atoms with Gasteiger partial charge in [0.1, 0.15) is 11.4 Å². The summed E-state index contributed by atoms with van der Waals surface area (Å²) >= 11 is 37.5. The van der Waals surface area contributed by atoms with Crippen molar-refractivity contribution in [3.63, 3.8) is 0 Å². The SMILES string of the molecule is CC(=O)C(N=Nc1cccc(C(=O)Nc2ccc(CCCl)cc2)c1Cl)C(=O)Nc1cc(Cl)c(NC(=O)C(N=Nc2cccc(C(=O)Nc3ccc(CCCl)cc3)c2Cl)C(C)=O)cc1Cl. The van der Waals surface area contributed by atoms with E-state index < -0.39 is 47.3 Å². The van der Waals surface area contributed by atoms with Crippen LogP contribution in [0.4, 0.5) is 34.1 Å². The normalized spacial score (nSPS) is 12.1. The van der Waals surface area contributed by atoms with Crippen LogP contribution in [-0.4, -0.2) is 59.0 Å². The molecule has 5 aromatic carbocycles. The molecule has 14 nitrogen and oxygen atoms in total. The topological polar surface area (TPSA) is 200 Å². The monoisotopic (exact) mass is 982 g/mol. The molecule has 0 aromatic heterocycles. The number of ketones is 2. The summed E-state index contributed by atoms with van der Waals surface area (Å²) in [5.74, 6) is -3.42. The molecule has 0 bridgehead atoms. The van der Waals surface area contributed by atoms with Gasteiger partial charge in [-0.15, -0.1) is 23.2 Å². The van der Waals surface area contributed by atoms with Gasteiger partial charge in [-0.2, -0.15) is 20.5 Å². The van der Waals surface area contributed by atoms with E-state index in [1.807, 2.05) is 24.3 Å². The van der Waals surface area contributed by atoms with Crippen molar-refractivity contribution in [2.75, 3.05) is 33.0 Å². The molecule has 20 heteroatoms. The second kappa shape index (κ2) is 23.3. The number of aryl methyl sites for hydroxylation is 2. The zero-order valence-corrected chi connectivity index (χ0v) is 38.3. The molecule has 2 atom stereocenters. The molecule has 0 radical (unpaired) electrons. The van der Waals surface area contributed by atoms with E-state index in [-0.39, 0.29) is 54.0 Å². The second-order valence-corrected chi connectivity index (χ2v) is 16.0. The van der Waals surface area contributed by atoms with Crippen LogP contribution in [0.2, 0.25) is 20.1 Å². The van der Waals surface area contributed by atoms with Crippen molar-refractivity contribution in [3.05, 3.63) is 139 Å². The second-order valence-electron chi connectivity index (χ2n) is 13.7. The lowest BCUT2D eigenvalue weighted by Gasteiger charge is -2.15. The highest BCUT2D eigenvalue weighted by molar-refractivity contribution is 6.39. The average Bonchev–Trinajstić information content (AvgIpc) is 3.25. The molecule has 0 spiro atoms. The number of nitrogens with one attached hydrogen (secondary N) is 4. The molecule has 0 aliphatic rings. The van der Waals surface area contributed by atoms with Crippen molar-refractivity contribution < 1.29 is 28.8 Å². The van der Waals surface area contributed by atoms with Crippen LogP contribution in [0.15, 0.2) is 118 Å². The fraction of sp³-hybridized carbons (Fsp3) is 0.182. The number of azo groups is 2. The zero-order valence-electron chi connectivity index (χ0n) is 33.7. The smallest absolute Gasteiger partial charge is 0.258 e. The number of nitrogens with zero attached hydrogens (tertiary/aromatic N) is 4. The number of carbonyl (C=O) groups is 6. The minimum atomic E-state index is -1.68. The summed E-state index contributed by atoms with van der Waals surface area (Å²) in [6, 6.07) is 22.1. The van der Waals surface area contributed by atoms with Gasteiger partial charge in [-0.05, 0) is 98.5 Å². The van der Waals surface area contributed by atoms with E-state index >= 15 is 0 Å². The van der Waals surface area contributed by atoms with Crippen LogP contribution in [0.3, 0.4) is 0 Å². The summed E-state index contributed by atoms with van der Waals surface area (Å²) in [6.45, 7) is 2.24. The number of carbonyl (C=O) groups excluding carboxylic acids is 6. The van der Waals surface area contributed by atoms with Crippen LogP contribution in [0.25, 0.3) is 0 Å².